The van der Waals surface area contributed by atoms with Crippen LogP contribution in [0.5, 0.6) is 0 Å². The molecule has 112 valence electrons. The molecule has 0 saturated heterocycles. The lowest BCUT2D eigenvalue weighted by atomic mass is 10.2. The predicted octanol–water partition coefficient (Wildman–Crippen LogP) is 0.416. The second kappa shape index (κ2) is 5.72. The van der Waals surface area contributed by atoms with Crippen molar-refractivity contribution in [2.75, 3.05) is 5.32 Å². The van der Waals surface area contributed by atoms with Gasteiger partial charge in [-0.2, -0.15) is 15.0 Å². The lowest BCUT2D eigenvalue weighted by molar-refractivity contribution is -0.116. The summed E-state index contributed by atoms with van der Waals surface area (Å²) in [5, 5.41) is 14.9. The van der Waals surface area contributed by atoms with Gasteiger partial charge in [-0.1, -0.05) is 0 Å². The first kappa shape index (κ1) is 13.9. The number of aryl methyl sites for hydroxylation is 2. The highest BCUT2D eigenvalue weighted by Crippen LogP contribution is 2.16. The molecule has 0 aliphatic carbocycles. The number of nitrogens with one attached hydrogen (secondary N) is 1. The zero-order valence-corrected chi connectivity index (χ0v) is 12.1. The average Bonchev–Trinajstić information content (AvgIpc) is 3.09. The van der Waals surface area contributed by atoms with Crippen LogP contribution in [-0.4, -0.2) is 40.6 Å². The first-order chi connectivity index (χ1) is 10.6. The van der Waals surface area contributed by atoms with Gasteiger partial charge in [0.05, 0.1) is 11.9 Å². The van der Waals surface area contributed by atoms with Gasteiger partial charge in [-0.15, -0.1) is 5.10 Å². The molecule has 0 atom stereocenters. The van der Waals surface area contributed by atoms with Crippen molar-refractivity contribution in [3.8, 4) is 11.4 Å². The van der Waals surface area contributed by atoms with Crippen LogP contribution < -0.4 is 5.32 Å². The Morgan fingerprint density at radius 1 is 1.27 bits per heavy atom. The molecule has 3 heterocycles. The Bertz CT molecular complexity index is 806. The number of hydrogen-bond donors (Lipinski definition) is 1. The van der Waals surface area contributed by atoms with E-state index in [0.29, 0.717) is 17.2 Å². The monoisotopic (exact) mass is 298 g/mol. The number of anilines is 1. The Kier molecular flexibility index (Phi) is 3.60. The lowest BCUT2D eigenvalue weighted by Gasteiger charge is -2.02. The predicted molar refractivity (Wildman–Crippen MR) is 77.6 cm³/mol. The maximum Gasteiger partial charge on any atom is 0.247 e. The molecule has 22 heavy (non-hydrogen) atoms. The van der Waals surface area contributed by atoms with E-state index in [2.05, 4.69) is 30.6 Å². The van der Waals surface area contributed by atoms with Crippen molar-refractivity contribution in [1.29, 1.82) is 0 Å². The highest BCUT2D eigenvalue weighted by atomic mass is 16.2. The van der Waals surface area contributed by atoms with Gasteiger partial charge in [0.1, 0.15) is 17.9 Å². The molecule has 0 aromatic carbocycles. The number of carbonyl (C=O) groups excluding carboxylic acids is 1. The van der Waals surface area contributed by atoms with Gasteiger partial charge in [0.15, 0.2) is 5.82 Å². The van der Waals surface area contributed by atoms with Crippen molar-refractivity contribution >= 4 is 11.7 Å². The SMILES string of the molecule is Cc1nccnc1-c1ccn(CC(=O)Nc2cnn(C)n2)n1. The fourth-order valence-corrected chi connectivity index (χ4v) is 1.97. The Morgan fingerprint density at radius 3 is 2.82 bits per heavy atom. The average molecular weight is 298 g/mol. The second-order valence-electron chi connectivity index (χ2n) is 4.66. The molecule has 1 amide bonds. The maximum atomic E-state index is 11.9. The topological polar surface area (TPSA) is 103 Å². The zero-order chi connectivity index (χ0) is 15.5. The van der Waals surface area contributed by atoms with Crippen LogP contribution in [0.25, 0.3) is 11.4 Å². The molecule has 0 aliphatic rings. The summed E-state index contributed by atoms with van der Waals surface area (Å²) in [6.45, 7) is 1.94. The molecule has 0 aliphatic heterocycles. The van der Waals surface area contributed by atoms with Gasteiger partial charge in [-0.3, -0.25) is 19.4 Å². The molecule has 3 aromatic rings. The number of amides is 1. The van der Waals surface area contributed by atoms with Gasteiger partial charge in [0, 0.05) is 25.6 Å². The van der Waals surface area contributed by atoms with Crippen LogP contribution in [0.4, 0.5) is 5.82 Å². The smallest absolute Gasteiger partial charge is 0.247 e. The summed E-state index contributed by atoms with van der Waals surface area (Å²) in [5.74, 6) is 0.177. The molecule has 9 heteroatoms. The van der Waals surface area contributed by atoms with Gasteiger partial charge >= 0.3 is 0 Å². The standard InChI is InChI=1S/C13H14N8O/c1-9-13(15-5-4-14-9)10-3-6-21(18-10)8-12(22)17-11-7-16-20(2)19-11/h3-7H,8H2,1-2H3,(H,17,19,22). The van der Waals surface area contributed by atoms with Crippen molar-refractivity contribution < 1.29 is 4.79 Å². The van der Waals surface area contributed by atoms with Gasteiger partial charge < -0.3 is 5.32 Å². The molecule has 0 radical (unpaired) electrons. The highest BCUT2D eigenvalue weighted by molar-refractivity contribution is 5.89. The number of nitrogens with zero attached hydrogens (tertiary/aromatic N) is 7. The summed E-state index contributed by atoms with van der Waals surface area (Å²) >= 11 is 0. The first-order valence-corrected chi connectivity index (χ1v) is 6.59. The van der Waals surface area contributed by atoms with Crippen LogP contribution in [-0.2, 0) is 18.4 Å². The molecular weight excluding hydrogens is 284 g/mol. The Balaban J connectivity index is 1.69. The molecule has 3 rings (SSSR count). The largest absolute Gasteiger partial charge is 0.306 e. The summed E-state index contributed by atoms with van der Waals surface area (Å²) < 4.78 is 1.54. The number of hydrogen-bond acceptors (Lipinski definition) is 6. The summed E-state index contributed by atoms with van der Waals surface area (Å²) in [4.78, 5) is 21.7. The van der Waals surface area contributed by atoms with Crippen LogP contribution in [0.2, 0.25) is 0 Å². The zero-order valence-electron chi connectivity index (χ0n) is 12.1. The van der Waals surface area contributed by atoms with E-state index >= 15 is 0 Å². The summed E-state index contributed by atoms with van der Waals surface area (Å²) in [6, 6.07) is 1.80. The number of carbonyl (C=O) groups is 1. The molecule has 3 aromatic heterocycles. The highest BCUT2D eigenvalue weighted by Gasteiger charge is 2.10. The van der Waals surface area contributed by atoms with Crippen LogP contribution in [0, 0.1) is 6.92 Å². The van der Waals surface area contributed by atoms with E-state index in [9.17, 15) is 4.79 Å². The molecule has 0 spiro atoms. The minimum atomic E-state index is -0.231. The molecule has 1 N–H and O–H groups in total. The van der Waals surface area contributed by atoms with E-state index in [-0.39, 0.29) is 12.5 Å². The van der Waals surface area contributed by atoms with Crippen LogP contribution in [0.1, 0.15) is 5.69 Å². The maximum absolute atomic E-state index is 11.9. The minimum Gasteiger partial charge on any atom is -0.306 e. The van der Waals surface area contributed by atoms with Gasteiger partial charge in [0.25, 0.3) is 0 Å². The second-order valence-corrected chi connectivity index (χ2v) is 4.66. The Hall–Kier alpha value is -3.10. The van der Waals surface area contributed by atoms with Gasteiger partial charge in [0.2, 0.25) is 5.91 Å². The van der Waals surface area contributed by atoms with Gasteiger partial charge in [-0.05, 0) is 13.0 Å². The summed E-state index contributed by atoms with van der Waals surface area (Å²) in [6.07, 6.45) is 6.45. The van der Waals surface area contributed by atoms with E-state index in [1.807, 2.05) is 6.92 Å². The van der Waals surface area contributed by atoms with Crippen molar-refractivity contribution in [2.45, 2.75) is 13.5 Å². The van der Waals surface area contributed by atoms with Crippen molar-refractivity contribution in [3.63, 3.8) is 0 Å². The summed E-state index contributed by atoms with van der Waals surface area (Å²) in [5.41, 5.74) is 2.17. The fourth-order valence-electron chi connectivity index (χ4n) is 1.97. The third kappa shape index (κ3) is 2.97. The quantitative estimate of drug-likeness (QED) is 0.748. The molecule has 0 bridgehead atoms. The van der Waals surface area contributed by atoms with Crippen LogP contribution >= 0.6 is 0 Å². The lowest BCUT2D eigenvalue weighted by Crippen LogP contribution is -2.19. The Morgan fingerprint density at radius 2 is 2.09 bits per heavy atom. The fraction of sp³-hybridized carbons (Fsp3) is 0.231. The molecular formula is C13H14N8O. The van der Waals surface area contributed by atoms with E-state index in [4.69, 9.17) is 0 Å². The number of aromatic nitrogens is 7. The normalized spacial score (nSPS) is 10.6. The number of rotatable bonds is 4. The van der Waals surface area contributed by atoms with E-state index in [1.54, 1.807) is 31.7 Å². The van der Waals surface area contributed by atoms with Crippen LogP contribution in [0.15, 0.2) is 30.9 Å². The van der Waals surface area contributed by atoms with Crippen molar-refractivity contribution in [2.24, 2.45) is 7.05 Å². The van der Waals surface area contributed by atoms with Gasteiger partial charge in [-0.25, -0.2) is 0 Å². The third-order valence-electron chi connectivity index (χ3n) is 2.94. The molecule has 0 fully saturated rings. The molecule has 9 nitrogen and oxygen atoms in total. The van der Waals surface area contributed by atoms with Crippen molar-refractivity contribution in [1.82, 2.24) is 34.7 Å². The summed E-state index contributed by atoms with van der Waals surface area (Å²) in [7, 11) is 1.68. The van der Waals surface area contributed by atoms with E-state index < -0.39 is 0 Å². The Labute approximate surface area is 126 Å². The molecule has 0 saturated carbocycles. The van der Waals surface area contributed by atoms with E-state index in [1.165, 1.54) is 15.7 Å². The minimum absolute atomic E-state index is 0.0793. The van der Waals surface area contributed by atoms with Crippen LogP contribution in [0.3, 0.4) is 0 Å². The van der Waals surface area contributed by atoms with Crippen molar-refractivity contribution in [3.05, 3.63) is 36.5 Å². The first-order valence-electron chi connectivity index (χ1n) is 6.59. The molecule has 0 unspecified atom stereocenters. The van der Waals surface area contributed by atoms with E-state index in [0.717, 1.165) is 5.69 Å². The third-order valence-corrected chi connectivity index (χ3v) is 2.94.